The molecule has 0 bridgehead atoms. The fourth-order valence-corrected chi connectivity index (χ4v) is 5.49. The summed E-state index contributed by atoms with van der Waals surface area (Å²) < 4.78 is 6.53. The van der Waals surface area contributed by atoms with Gasteiger partial charge in [0.05, 0.1) is 6.10 Å². The minimum Gasteiger partial charge on any atom is -0.411 e. The molecule has 2 aliphatic rings. The minimum atomic E-state index is -1.69. The van der Waals surface area contributed by atoms with Gasteiger partial charge in [-0.15, -0.1) is 0 Å². The number of rotatable bonds is 4. The summed E-state index contributed by atoms with van der Waals surface area (Å²) in [6.07, 6.45) is 14.4. The monoisotopic (exact) mass is 348 g/mol. The van der Waals surface area contributed by atoms with E-state index in [1.165, 1.54) is 32.1 Å². The van der Waals surface area contributed by atoms with Crippen molar-refractivity contribution in [2.45, 2.75) is 97.9 Å². The number of hydrogen-bond donors (Lipinski definition) is 0. The highest BCUT2D eigenvalue weighted by Crippen LogP contribution is 2.50. The van der Waals surface area contributed by atoms with Gasteiger partial charge in [0.2, 0.25) is 0 Å². The third-order valence-electron chi connectivity index (χ3n) is 6.81. The second-order valence-electron chi connectivity index (χ2n) is 10.3. The Morgan fingerprint density at radius 2 is 1.92 bits per heavy atom. The number of allylic oxidation sites excluding steroid dienone is 3. The van der Waals surface area contributed by atoms with Gasteiger partial charge >= 0.3 is 0 Å². The van der Waals surface area contributed by atoms with Crippen molar-refractivity contribution in [3.05, 3.63) is 23.8 Å². The third-order valence-corrected chi connectivity index (χ3v) is 11.4. The zero-order valence-corrected chi connectivity index (χ0v) is 18.4. The van der Waals surface area contributed by atoms with E-state index in [-0.39, 0.29) is 11.1 Å². The lowest BCUT2D eigenvalue weighted by Gasteiger charge is -2.45. The highest BCUT2D eigenvalue weighted by atomic mass is 28.4. The summed E-state index contributed by atoms with van der Waals surface area (Å²) >= 11 is 0. The van der Waals surface area contributed by atoms with Crippen molar-refractivity contribution in [2.75, 3.05) is 0 Å². The van der Waals surface area contributed by atoms with Gasteiger partial charge in [0.1, 0.15) is 0 Å². The molecule has 0 aromatic heterocycles. The lowest BCUT2D eigenvalue weighted by atomic mass is 9.60. The number of hydrogen-bond acceptors (Lipinski definition) is 1. The maximum atomic E-state index is 6.53. The topological polar surface area (TPSA) is 9.23 Å². The average molecular weight is 349 g/mol. The van der Waals surface area contributed by atoms with Gasteiger partial charge in [-0.1, -0.05) is 58.4 Å². The van der Waals surface area contributed by atoms with Gasteiger partial charge in [-0.3, -0.25) is 0 Å². The van der Waals surface area contributed by atoms with Gasteiger partial charge in [0.15, 0.2) is 8.32 Å². The lowest BCUT2D eigenvalue weighted by Crippen LogP contribution is -2.43. The van der Waals surface area contributed by atoms with E-state index in [4.69, 9.17) is 4.43 Å². The molecule has 0 saturated heterocycles. The molecule has 0 aromatic rings. The fourth-order valence-electron chi connectivity index (χ4n) is 4.13. The van der Waals surface area contributed by atoms with E-state index in [1.54, 1.807) is 5.57 Å². The van der Waals surface area contributed by atoms with Gasteiger partial charge in [-0.05, 0) is 68.5 Å². The maximum absolute atomic E-state index is 6.53. The van der Waals surface area contributed by atoms with Crippen molar-refractivity contribution in [1.82, 2.24) is 0 Å². The first-order chi connectivity index (χ1) is 10.9. The van der Waals surface area contributed by atoms with E-state index in [0.717, 1.165) is 5.92 Å². The highest BCUT2D eigenvalue weighted by Gasteiger charge is 2.40. The fraction of sp³-hybridized carbons (Fsp3) is 0.818. The molecule has 3 atom stereocenters. The van der Waals surface area contributed by atoms with Crippen LogP contribution < -0.4 is 0 Å². The molecule has 1 saturated carbocycles. The molecule has 0 aliphatic heterocycles. The van der Waals surface area contributed by atoms with Crippen LogP contribution in [0.4, 0.5) is 0 Å². The van der Waals surface area contributed by atoms with Crippen LogP contribution >= 0.6 is 0 Å². The summed E-state index contributed by atoms with van der Waals surface area (Å²) in [4.78, 5) is 0. The van der Waals surface area contributed by atoms with Crippen molar-refractivity contribution < 1.29 is 4.43 Å². The first-order valence-corrected chi connectivity index (χ1v) is 12.9. The van der Waals surface area contributed by atoms with Crippen LogP contribution in [0.1, 0.15) is 73.6 Å². The average Bonchev–Trinajstić information content (AvgIpc) is 2.44. The predicted octanol–water partition coefficient (Wildman–Crippen LogP) is 7.12. The SMILES string of the molecule is C[C@@H](/C=C/[C@@H]1C2=CCCC[C@@H]2CCC1(C)C)O[Si](C)(C)C(C)(C)C. The van der Waals surface area contributed by atoms with Gasteiger partial charge < -0.3 is 4.43 Å². The second-order valence-corrected chi connectivity index (χ2v) is 15.1. The highest BCUT2D eigenvalue weighted by molar-refractivity contribution is 6.74. The minimum absolute atomic E-state index is 0.214. The van der Waals surface area contributed by atoms with Crippen molar-refractivity contribution in [3.63, 3.8) is 0 Å². The van der Waals surface area contributed by atoms with Gasteiger partial charge in [-0.2, -0.15) is 0 Å². The van der Waals surface area contributed by atoms with E-state index >= 15 is 0 Å². The summed E-state index contributed by atoms with van der Waals surface area (Å²) in [7, 11) is -1.69. The maximum Gasteiger partial charge on any atom is 0.192 e. The zero-order valence-electron chi connectivity index (χ0n) is 17.4. The van der Waals surface area contributed by atoms with Crippen LogP contribution in [0.2, 0.25) is 18.1 Å². The zero-order chi connectivity index (χ0) is 18.2. The Bertz CT molecular complexity index is 493. The van der Waals surface area contributed by atoms with Crippen LogP contribution in [0, 0.1) is 17.3 Å². The van der Waals surface area contributed by atoms with E-state index in [9.17, 15) is 0 Å². The molecule has 1 nitrogen and oxygen atoms in total. The van der Waals surface area contributed by atoms with E-state index < -0.39 is 8.32 Å². The van der Waals surface area contributed by atoms with Crippen molar-refractivity contribution >= 4 is 8.32 Å². The largest absolute Gasteiger partial charge is 0.411 e. The van der Waals surface area contributed by atoms with Crippen molar-refractivity contribution in [2.24, 2.45) is 17.3 Å². The predicted molar refractivity (Wildman–Crippen MR) is 109 cm³/mol. The Kier molecular flexibility index (Phi) is 5.92. The van der Waals surface area contributed by atoms with Crippen LogP contribution in [0.15, 0.2) is 23.8 Å². The normalized spacial score (nSPS) is 29.2. The summed E-state index contributed by atoms with van der Waals surface area (Å²) in [6.45, 7) is 18.8. The molecule has 0 heterocycles. The van der Waals surface area contributed by atoms with E-state index in [2.05, 4.69) is 72.9 Å². The van der Waals surface area contributed by atoms with Gasteiger partial charge in [0.25, 0.3) is 0 Å². The summed E-state index contributed by atoms with van der Waals surface area (Å²) in [5, 5.41) is 0.274. The molecule has 0 amide bonds. The smallest absolute Gasteiger partial charge is 0.192 e. The summed E-state index contributed by atoms with van der Waals surface area (Å²) in [6, 6.07) is 0. The molecule has 2 rings (SSSR count). The van der Waals surface area contributed by atoms with Crippen LogP contribution in [-0.4, -0.2) is 14.4 Å². The molecule has 0 unspecified atom stereocenters. The molecular formula is C22H40OSi. The Balaban J connectivity index is 2.12. The Hall–Kier alpha value is -0.343. The molecule has 24 heavy (non-hydrogen) atoms. The molecule has 2 aliphatic carbocycles. The molecule has 0 spiro atoms. The molecule has 0 radical (unpaired) electrons. The summed E-state index contributed by atoms with van der Waals surface area (Å²) in [5.41, 5.74) is 2.11. The van der Waals surface area contributed by atoms with Crippen LogP contribution in [0.5, 0.6) is 0 Å². The Labute approximate surface area is 152 Å². The molecule has 2 heteroatoms. The van der Waals surface area contributed by atoms with Crippen LogP contribution in [0.25, 0.3) is 0 Å². The van der Waals surface area contributed by atoms with Crippen LogP contribution in [0.3, 0.4) is 0 Å². The molecule has 0 aromatic carbocycles. The third kappa shape index (κ3) is 4.43. The Morgan fingerprint density at radius 1 is 1.25 bits per heavy atom. The lowest BCUT2D eigenvalue weighted by molar-refractivity contribution is 0.180. The molecule has 1 fully saturated rings. The molecular weight excluding hydrogens is 308 g/mol. The summed E-state index contributed by atoms with van der Waals surface area (Å²) in [5.74, 6) is 1.44. The van der Waals surface area contributed by atoms with Gasteiger partial charge in [-0.25, -0.2) is 0 Å². The van der Waals surface area contributed by atoms with E-state index in [1.807, 2.05) is 0 Å². The molecule has 0 N–H and O–H groups in total. The number of fused-ring (bicyclic) bond motifs is 1. The second kappa shape index (κ2) is 7.11. The molecule has 138 valence electrons. The quantitative estimate of drug-likeness (QED) is 0.388. The van der Waals surface area contributed by atoms with Crippen molar-refractivity contribution in [1.29, 1.82) is 0 Å². The van der Waals surface area contributed by atoms with Crippen LogP contribution in [-0.2, 0) is 4.43 Å². The Morgan fingerprint density at radius 3 is 2.54 bits per heavy atom. The van der Waals surface area contributed by atoms with Gasteiger partial charge in [0, 0.05) is 5.92 Å². The standard InChI is InChI=1S/C22H40OSi/c1-17(23-24(7,8)21(2,3)4)13-14-20-19-12-10-9-11-18(19)15-16-22(20,5)6/h12-14,17-18,20H,9-11,15-16H2,1-8H3/b14-13+/t17-,18+,20+/m0/s1. The van der Waals surface area contributed by atoms with E-state index in [0.29, 0.717) is 11.3 Å². The first-order valence-electron chi connectivity index (χ1n) is 10.0. The first kappa shape index (κ1) is 20.0. The van der Waals surface area contributed by atoms with Crippen molar-refractivity contribution in [3.8, 4) is 0 Å².